The fourth-order valence-corrected chi connectivity index (χ4v) is 4.13. The molecule has 0 fully saturated rings. The van der Waals surface area contributed by atoms with E-state index in [2.05, 4.69) is 29.0 Å². The lowest BCUT2D eigenvalue weighted by atomic mass is 10.1. The number of carbonyl (C=O) groups excluding carboxylic acids is 1. The number of carbonyl (C=O) groups is 1. The number of nitrogens with zero attached hydrogens (tertiary/aromatic N) is 1. The first-order valence-corrected chi connectivity index (χ1v) is 8.44. The summed E-state index contributed by atoms with van der Waals surface area (Å²) in [6.07, 6.45) is 3.70. The monoisotopic (exact) mass is 291 g/mol. The third-order valence-electron chi connectivity index (χ3n) is 3.55. The van der Waals surface area contributed by atoms with Crippen LogP contribution >= 0.6 is 22.7 Å². The standard InChI is InChI=1S/C15H17NOS2/c17-15(5-1-3-13-4-2-9-18-13)16-8-6-14-12(11-16)7-10-19-14/h2,4,7,9-10H,1,3,5-6,8,11H2. The second kappa shape index (κ2) is 5.88. The largest absolute Gasteiger partial charge is 0.338 e. The minimum absolute atomic E-state index is 0.313. The Bertz CT molecular complexity index is 544. The van der Waals surface area contributed by atoms with Crippen molar-refractivity contribution in [3.8, 4) is 0 Å². The van der Waals surface area contributed by atoms with E-state index in [0.29, 0.717) is 12.3 Å². The van der Waals surface area contributed by atoms with Gasteiger partial charge in [0.1, 0.15) is 0 Å². The first-order chi connectivity index (χ1) is 9.33. The quantitative estimate of drug-likeness (QED) is 0.841. The minimum atomic E-state index is 0.313. The van der Waals surface area contributed by atoms with E-state index in [4.69, 9.17) is 0 Å². The highest BCUT2D eigenvalue weighted by atomic mass is 32.1. The van der Waals surface area contributed by atoms with E-state index in [9.17, 15) is 4.79 Å². The van der Waals surface area contributed by atoms with Crippen LogP contribution in [-0.4, -0.2) is 17.4 Å². The second-order valence-electron chi connectivity index (χ2n) is 4.87. The van der Waals surface area contributed by atoms with Crippen LogP contribution in [0.2, 0.25) is 0 Å². The zero-order valence-corrected chi connectivity index (χ0v) is 12.4. The van der Waals surface area contributed by atoms with Crippen molar-refractivity contribution in [3.63, 3.8) is 0 Å². The Balaban J connectivity index is 1.49. The highest BCUT2D eigenvalue weighted by Gasteiger charge is 2.20. The van der Waals surface area contributed by atoms with Gasteiger partial charge in [-0.25, -0.2) is 0 Å². The molecule has 0 aliphatic carbocycles. The van der Waals surface area contributed by atoms with Gasteiger partial charge in [0.25, 0.3) is 0 Å². The third kappa shape index (κ3) is 3.07. The summed E-state index contributed by atoms with van der Waals surface area (Å²) in [6.45, 7) is 1.71. The predicted molar refractivity (Wildman–Crippen MR) is 80.7 cm³/mol. The van der Waals surface area contributed by atoms with Gasteiger partial charge in [-0.05, 0) is 47.7 Å². The highest BCUT2D eigenvalue weighted by molar-refractivity contribution is 7.10. The molecule has 0 unspecified atom stereocenters. The Morgan fingerprint density at radius 2 is 2.21 bits per heavy atom. The van der Waals surface area contributed by atoms with Crippen molar-refractivity contribution < 1.29 is 4.79 Å². The van der Waals surface area contributed by atoms with E-state index >= 15 is 0 Å². The first kappa shape index (κ1) is 12.9. The molecule has 100 valence electrons. The molecule has 1 aliphatic heterocycles. The summed E-state index contributed by atoms with van der Waals surface area (Å²) in [5.41, 5.74) is 1.35. The molecule has 0 saturated carbocycles. The molecule has 2 nitrogen and oxygen atoms in total. The first-order valence-electron chi connectivity index (χ1n) is 6.68. The van der Waals surface area contributed by atoms with Crippen molar-refractivity contribution in [3.05, 3.63) is 44.3 Å². The van der Waals surface area contributed by atoms with Crippen molar-refractivity contribution >= 4 is 28.6 Å². The van der Waals surface area contributed by atoms with Crippen molar-refractivity contribution in [2.45, 2.75) is 32.2 Å². The number of hydrogen-bond donors (Lipinski definition) is 0. The fraction of sp³-hybridized carbons (Fsp3) is 0.400. The van der Waals surface area contributed by atoms with E-state index in [1.54, 1.807) is 11.3 Å². The van der Waals surface area contributed by atoms with E-state index in [1.807, 2.05) is 16.2 Å². The van der Waals surface area contributed by atoms with Crippen LogP contribution in [0.25, 0.3) is 0 Å². The summed E-state index contributed by atoms with van der Waals surface area (Å²) in [6, 6.07) is 6.38. The predicted octanol–water partition coefficient (Wildman–Crippen LogP) is 3.72. The summed E-state index contributed by atoms with van der Waals surface area (Å²) in [7, 11) is 0. The molecule has 0 saturated heterocycles. The Labute approximate surface area is 121 Å². The van der Waals surface area contributed by atoms with Gasteiger partial charge in [0.2, 0.25) is 5.91 Å². The molecule has 3 rings (SSSR count). The Kier molecular flexibility index (Phi) is 3.99. The number of hydrogen-bond acceptors (Lipinski definition) is 3. The lowest BCUT2D eigenvalue weighted by Crippen LogP contribution is -2.35. The smallest absolute Gasteiger partial charge is 0.222 e. The number of aryl methyl sites for hydroxylation is 1. The van der Waals surface area contributed by atoms with E-state index in [1.165, 1.54) is 15.3 Å². The van der Waals surface area contributed by atoms with Crippen LogP contribution in [0.15, 0.2) is 29.0 Å². The molecule has 4 heteroatoms. The van der Waals surface area contributed by atoms with Crippen LogP contribution in [-0.2, 0) is 24.2 Å². The molecule has 1 aliphatic rings. The van der Waals surface area contributed by atoms with Crippen molar-refractivity contribution in [2.75, 3.05) is 6.54 Å². The Morgan fingerprint density at radius 1 is 1.26 bits per heavy atom. The Morgan fingerprint density at radius 3 is 3.05 bits per heavy atom. The molecule has 2 aromatic heterocycles. The molecular formula is C15H17NOS2. The van der Waals surface area contributed by atoms with Gasteiger partial charge in [0, 0.05) is 29.3 Å². The fourth-order valence-electron chi connectivity index (χ4n) is 2.49. The van der Waals surface area contributed by atoms with Crippen LogP contribution in [0, 0.1) is 0 Å². The van der Waals surface area contributed by atoms with Gasteiger partial charge >= 0.3 is 0 Å². The van der Waals surface area contributed by atoms with Crippen molar-refractivity contribution in [2.24, 2.45) is 0 Å². The van der Waals surface area contributed by atoms with Gasteiger partial charge in [-0.2, -0.15) is 0 Å². The molecule has 2 aromatic rings. The maximum Gasteiger partial charge on any atom is 0.222 e. The van der Waals surface area contributed by atoms with E-state index in [0.717, 1.165) is 32.4 Å². The SMILES string of the molecule is O=C(CCCc1cccs1)N1CCc2sccc2C1. The molecule has 0 radical (unpaired) electrons. The van der Waals surface area contributed by atoms with Gasteiger partial charge in [-0.3, -0.25) is 4.79 Å². The minimum Gasteiger partial charge on any atom is -0.338 e. The second-order valence-corrected chi connectivity index (χ2v) is 6.90. The zero-order valence-electron chi connectivity index (χ0n) is 10.8. The van der Waals surface area contributed by atoms with Crippen LogP contribution in [0.3, 0.4) is 0 Å². The lowest BCUT2D eigenvalue weighted by molar-refractivity contribution is -0.132. The van der Waals surface area contributed by atoms with Crippen molar-refractivity contribution in [1.29, 1.82) is 0 Å². The molecule has 0 spiro atoms. The van der Waals surface area contributed by atoms with Gasteiger partial charge < -0.3 is 4.90 Å². The molecule has 1 amide bonds. The molecule has 0 aromatic carbocycles. The average Bonchev–Trinajstić information content (AvgIpc) is 3.08. The summed E-state index contributed by atoms with van der Waals surface area (Å²) in [5, 5.41) is 4.23. The number of amides is 1. The third-order valence-corrected chi connectivity index (χ3v) is 5.51. The summed E-state index contributed by atoms with van der Waals surface area (Å²) in [5.74, 6) is 0.313. The van der Waals surface area contributed by atoms with Crippen LogP contribution < -0.4 is 0 Å². The summed E-state index contributed by atoms with van der Waals surface area (Å²) < 4.78 is 0. The molecule has 0 atom stereocenters. The zero-order chi connectivity index (χ0) is 13.1. The topological polar surface area (TPSA) is 20.3 Å². The number of rotatable bonds is 4. The van der Waals surface area contributed by atoms with Gasteiger partial charge in [-0.1, -0.05) is 6.07 Å². The average molecular weight is 291 g/mol. The van der Waals surface area contributed by atoms with Gasteiger partial charge in [0.05, 0.1) is 0 Å². The summed E-state index contributed by atoms with van der Waals surface area (Å²) >= 11 is 3.60. The van der Waals surface area contributed by atoms with E-state index < -0.39 is 0 Å². The molecule has 3 heterocycles. The summed E-state index contributed by atoms with van der Waals surface area (Å²) in [4.78, 5) is 17.1. The lowest BCUT2D eigenvalue weighted by Gasteiger charge is -2.27. The normalized spacial score (nSPS) is 14.4. The highest BCUT2D eigenvalue weighted by Crippen LogP contribution is 2.24. The maximum atomic E-state index is 12.2. The van der Waals surface area contributed by atoms with Crippen LogP contribution in [0.1, 0.15) is 28.2 Å². The van der Waals surface area contributed by atoms with Crippen LogP contribution in [0.5, 0.6) is 0 Å². The molecule has 0 N–H and O–H groups in total. The molecular weight excluding hydrogens is 274 g/mol. The molecule has 0 bridgehead atoms. The van der Waals surface area contributed by atoms with Crippen molar-refractivity contribution in [1.82, 2.24) is 4.90 Å². The van der Waals surface area contributed by atoms with Gasteiger partial charge in [-0.15, -0.1) is 22.7 Å². The number of fused-ring (bicyclic) bond motifs is 1. The maximum absolute atomic E-state index is 12.2. The van der Waals surface area contributed by atoms with Crippen LogP contribution in [0.4, 0.5) is 0 Å². The Hall–Kier alpha value is -1.13. The number of thiophene rings is 2. The van der Waals surface area contributed by atoms with E-state index in [-0.39, 0.29) is 0 Å². The van der Waals surface area contributed by atoms with Gasteiger partial charge in [0.15, 0.2) is 0 Å². The molecule has 19 heavy (non-hydrogen) atoms.